The van der Waals surface area contributed by atoms with Crippen molar-refractivity contribution in [3.63, 3.8) is 0 Å². The smallest absolute Gasteiger partial charge is 0.272 e. The van der Waals surface area contributed by atoms with Gasteiger partial charge in [0.05, 0.1) is 12.2 Å². The van der Waals surface area contributed by atoms with E-state index in [9.17, 15) is 4.79 Å². The Balaban J connectivity index is 1.78. The number of nitrogens with zero attached hydrogens (tertiary/aromatic N) is 6. The van der Waals surface area contributed by atoms with Gasteiger partial charge in [0.25, 0.3) is 5.56 Å². The molecule has 23 heavy (non-hydrogen) atoms. The van der Waals surface area contributed by atoms with Crippen molar-refractivity contribution in [3.05, 3.63) is 46.0 Å². The van der Waals surface area contributed by atoms with Crippen molar-refractivity contribution in [3.8, 4) is 0 Å². The molecule has 3 aromatic heterocycles. The Morgan fingerprint density at radius 2 is 2.09 bits per heavy atom. The molecule has 0 saturated heterocycles. The number of aryl methyl sites for hydroxylation is 1. The maximum Gasteiger partial charge on any atom is 0.272 e. The van der Waals surface area contributed by atoms with Gasteiger partial charge in [0, 0.05) is 30.4 Å². The number of aromatic amines is 1. The molecule has 0 atom stereocenters. The monoisotopic (exact) mass is 315 g/mol. The van der Waals surface area contributed by atoms with E-state index in [4.69, 9.17) is 0 Å². The highest BCUT2D eigenvalue weighted by molar-refractivity contribution is 5.39. The van der Waals surface area contributed by atoms with Crippen molar-refractivity contribution in [2.45, 2.75) is 39.9 Å². The summed E-state index contributed by atoms with van der Waals surface area (Å²) in [4.78, 5) is 18.7. The summed E-state index contributed by atoms with van der Waals surface area (Å²) in [5, 5.41) is 11.1. The van der Waals surface area contributed by atoms with Gasteiger partial charge in [-0.2, -0.15) is 0 Å². The standard InChI is InChI=1S/C15H21N7O/c1-10(2)21-9-16-18-14(21)8-20(4)7-12-6-15(23)22-13(17-12)5-11(3)19-22/h5-6,9-10,19H,7-8H2,1-4H3. The number of rotatable bonds is 5. The van der Waals surface area contributed by atoms with Gasteiger partial charge in [0.15, 0.2) is 5.65 Å². The van der Waals surface area contributed by atoms with E-state index in [0.29, 0.717) is 24.8 Å². The SMILES string of the molecule is Cc1cc2nc(CN(C)Cc3nncn3C(C)C)cc(=O)n2[nH]1. The molecule has 3 aromatic rings. The van der Waals surface area contributed by atoms with Crippen molar-refractivity contribution in [1.29, 1.82) is 0 Å². The number of hydrogen-bond donors (Lipinski definition) is 1. The minimum Gasteiger partial charge on any atom is -0.314 e. The zero-order valence-electron chi connectivity index (χ0n) is 13.8. The van der Waals surface area contributed by atoms with Crippen LogP contribution in [0.4, 0.5) is 0 Å². The lowest BCUT2D eigenvalue weighted by atomic mass is 10.3. The van der Waals surface area contributed by atoms with Crippen LogP contribution in [0.5, 0.6) is 0 Å². The van der Waals surface area contributed by atoms with Crippen LogP contribution in [-0.4, -0.2) is 41.3 Å². The third-order valence-electron chi connectivity index (χ3n) is 3.68. The molecule has 0 saturated carbocycles. The third kappa shape index (κ3) is 3.16. The molecule has 122 valence electrons. The summed E-state index contributed by atoms with van der Waals surface area (Å²) in [5.41, 5.74) is 2.19. The predicted molar refractivity (Wildman–Crippen MR) is 86.1 cm³/mol. The Bertz CT molecular complexity index is 873. The van der Waals surface area contributed by atoms with E-state index >= 15 is 0 Å². The minimum atomic E-state index is -0.100. The van der Waals surface area contributed by atoms with Gasteiger partial charge in [-0.1, -0.05) is 0 Å². The Morgan fingerprint density at radius 1 is 1.30 bits per heavy atom. The number of aromatic nitrogens is 6. The largest absolute Gasteiger partial charge is 0.314 e. The normalized spacial score (nSPS) is 11.9. The molecule has 0 radical (unpaired) electrons. The topological polar surface area (TPSA) is 84.1 Å². The lowest BCUT2D eigenvalue weighted by Crippen LogP contribution is -2.23. The highest BCUT2D eigenvalue weighted by Gasteiger charge is 2.12. The number of hydrogen-bond acceptors (Lipinski definition) is 5. The van der Waals surface area contributed by atoms with Gasteiger partial charge in [-0.05, 0) is 27.8 Å². The Morgan fingerprint density at radius 3 is 2.83 bits per heavy atom. The maximum absolute atomic E-state index is 12.1. The van der Waals surface area contributed by atoms with Crippen LogP contribution < -0.4 is 5.56 Å². The van der Waals surface area contributed by atoms with E-state index in [2.05, 4.69) is 39.0 Å². The maximum atomic E-state index is 12.1. The first-order valence-corrected chi connectivity index (χ1v) is 7.59. The van der Waals surface area contributed by atoms with Crippen LogP contribution in [0.15, 0.2) is 23.3 Å². The summed E-state index contributed by atoms with van der Waals surface area (Å²) in [7, 11) is 1.98. The summed E-state index contributed by atoms with van der Waals surface area (Å²) in [6.07, 6.45) is 1.74. The van der Waals surface area contributed by atoms with Crippen LogP contribution in [0.1, 0.15) is 37.1 Å². The van der Waals surface area contributed by atoms with Crippen LogP contribution in [0.3, 0.4) is 0 Å². The first-order valence-electron chi connectivity index (χ1n) is 7.59. The average molecular weight is 315 g/mol. The van der Waals surface area contributed by atoms with Gasteiger partial charge in [-0.3, -0.25) is 14.8 Å². The van der Waals surface area contributed by atoms with Gasteiger partial charge in [-0.25, -0.2) is 9.50 Å². The molecule has 8 nitrogen and oxygen atoms in total. The van der Waals surface area contributed by atoms with Gasteiger partial charge >= 0.3 is 0 Å². The fourth-order valence-electron chi connectivity index (χ4n) is 2.63. The molecule has 3 heterocycles. The van der Waals surface area contributed by atoms with E-state index in [1.54, 1.807) is 12.4 Å². The molecule has 3 rings (SSSR count). The van der Waals surface area contributed by atoms with Crippen LogP contribution >= 0.6 is 0 Å². The third-order valence-corrected chi connectivity index (χ3v) is 3.68. The van der Waals surface area contributed by atoms with E-state index in [1.807, 2.05) is 24.6 Å². The molecule has 0 aliphatic rings. The summed E-state index contributed by atoms with van der Waals surface area (Å²) >= 11 is 0. The molecule has 0 amide bonds. The van der Waals surface area contributed by atoms with E-state index < -0.39 is 0 Å². The molecular weight excluding hydrogens is 294 g/mol. The number of nitrogens with one attached hydrogen (secondary N) is 1. The predicted octanol–water partition coefficient (Wildman–Crippen LogP) is 1.14. The second-order valence-electron chi connectivity index (χ2n) is 6.14. The molecule has 1 N–H and O–H groups in total. The van der Waals surface area contributed by atoms with Gasteiger partial charge in [0.2, 0.25) is 0 Å². The molecule has 0 unspecified atom stereocenters. The van der Waals surface area contributed by atoms with Gasteiger partial charge in [-0.15, -0.1) is 10.2 Å². The zero-order chi connectivity index (χ0) is 16.6. The van der Waals surface area contributed by atoms with Gasteiger partial charge in [0.1, 0.15) is 12.2 Å². The minimum absolute atomic E-state index is 0.100. The Labute approximate surface area is 133 Å². The van der Waals surface area contributed by atoms with Crippen molar-refractivity contribution >= 4 is 5.65 Å². The van der Waals surface area contributed by atoms with Crippen LogP contribution in [0.2, 0.25) is 0 Å². The fraction of sp³-hybridized carbons (Fsp3) is 0.467. The zero-order valence-corrected chi connectivity index (χ0v) is 13.8. The molecule has 0 aliphatic heterocycles. The second-order valence-corrected chi connectivity index (χ2v) is 6.14. The van der Waals surface area contributed by atoms with Crippen molar-refractivity contribution in [1.82, 2.24) is 34.3 Å². The molecule has 0 aliphatic carbocycles. The highest BCUT2D eigenvalue weighted by Crippen LogP contribution is 2.10. The molecular formula is C15H21N7O. The average Bonchev–Trinajstić information content (AvgIpc) is 3.04. The molecule has 0 fully saturated rings. The summed E-state index contributed by atoms with van der Waals surface area (Å²) < 4.78 is 3.49. The van der Waals surface area contributed by atoms with E-state index in [-0.39, 0.29) is 5.56 Å². The Hall–Kier alpha value is -2.48. The van der Waals surface area contributed by atoms with Crippen LogP contribution in [0.25, 0.3) is 5.65 Å². The number of fused-ring (bicyclic) bond motifs is 1. The van der Waals surface area contributed by atoms with E-state index in [0.717, 1.165) is 17.2 Å². The van der Waals surface area contributed by atoms with Crippen LogP contribution in [0, 0.1) is 6.92 Å². The molecule has 8 heteroatoms. The lowest BCUT2D eigenvalue weighted by Gasteiger charge is -2.17. The first kappa shape index (κ1) is 15.4. The van der Waals surface area contributed by atoms with Crippen molar-refractivity contribution in [2.75, 3.05) is 7.05 Å². The quantitative estimate of drug-likeness (QED) is 0.763. The molecule has 0 bridgehead atoms. The lowest BCUT2D eigenvalue weighted by molar-refractivity contribution is 0.298. The number of H-pyrrole nitrogens is 1. The van der Waals surface area contributed by atoms with Gasteiger partial charge < -0.3 is 4.57 Å². The van der Waals surface area contributed by atoms with Crippen LogP contribution in [-0.2, 0) is 13.1 Å². The summed E-state index contributed by atoms with van der Waals surface area (Å²) in [5.74, 6) is 0.901. The highest BCUT2D eigenvalue weighted by atomic mass is 16.1. The van der Waals surface area contributed by atoms with Crippen molar-refractivity contribution < 1.29 is 0 Å². The second kappa shape index (κ2) is 5.96. The fourth-order valence-corrected chi connectivity index (χ4v) is 2.63. The Kier molecular flexibility index (Phi) is 3.99. The first-order chi connectivity index (χ1) is 10.9. The van der Waals surface area contributed by atoms with Crippen molar-refractivity contribution in [2.24, 2.45) is 0 Å². The summed E-state index contributed by atoms with van der Waals surface area (Å²) in [6, 6.07) is 3.74. The van der Waals surface area contributed by atoms with E-state index in [1.165, 1.54) is 4.52 Å². The molecule has 0 spiro atoms. The summed E-state index contributed by atoms with van der Waals surface area (Å²) in [6.45, 7) is 7.31. The molecule has 0 aromatic carbocycles.